The number of hydrogen-bond donors (Lipinski definition) is 2. The van der Waals surface area contributed by atoms with Crippen LogP contribution < -0.4 is 5.32 Å². The van der Waals surface area contributed by atoms with Gasteiger partial charge in [0.05, 0.1) is 0 Å². The van der Waals surface area contributed by atoms with Gasteiger partial charge in [0.25, 0.3) is 0 Å². The van der Waals surface area contributed by atoms with Gasteiger partial charge >= 0.3 is 12.0 Å². The smallest absolute Gasteiger partial charge is 0.329 e. The second-order valence-electron chi connectivity index (χ2n) is 6.11. The van der Waals surface area contributed by atoms with Crippen molar-refractivity contribution in [3.63, 3.8) is 0 Å². The fourth-order valence-corrected chi connectivity index (χ4v) is 2.94. The summed E-state index contributed by atoms with van der Waals surface area (Å²) < 4.78 is 0. The minimum absolute atomic E-state index is 0.0775. The van der Waals surface area contributed by atoms with Crippen LogP contribution in [-0.2, 0) is 4.79 Å². The van der Waals surface area contributed by atoms with Gasteiger partial charge in [-0.3, -0.25) is 0 Å². The standard InChI is InChI=1S/C14H24N2O3/c1-14(12(17)18,10-8-9-10)15-13(19)16(2)11-6-4-3-5-7-11/h10-11H,3-9H2,1-2H3,(H,15,19)(H,17,18). The molecule has 0 spiro atoms. The first-order valence-corrected chi connectivity index (χ1v) is 7.23. The van der Waals surface area contributed by atoms with Crippen LogP contribution in [0.4, 0.5) is 4.79 Å². The fourth-order valence-electron chi connectivity index (χ4n) is 2.94. The molecule has 0 aromatic heterocycles. The van der Waals surface area contributed by atoms with Crippen LogP contribution >= 0.6 is 0 Å². The molecule has 0 saturated heterocycles. The highest BCUT2D eigenvalue weighted by Gasteiger charge is 2.49. The van der Waals surface area contributed by atoms with Gasteiger partial charge in [0, 0.05) is 13.1 Å². The van der Waals surface area contributed by atoms with Gasteiger partial charge in [-0.1, -0.05) is 19.3 Å². The molecular formula is C14H24N2O3. The number of carboxylic acids is 1. The van der Waals surface area contributed by atoms with Crippen molar-refractivity contribution in [3.05, 3.63) is 0 Å². The van der Waals surface area contributed by atoms with Crippen molar-refractivity contribution >= 4 is 12.0 Å². The molecule has 0 aliphatic heterocycles. The molecule has 2 fully saturated rings. The average molecular weight is 268 g/mol. The van der Waals surface area contributed by atoms with E-state index in [1.807, 2.05) is 0 Å². The Morgan fingerprint density at radius 2 is 1.74 bits per heavy atom. The predicted molar refractivity (Wildman–Crippen MR) is 71.9 cm³/mol. The Bertz CT molecular complexity index is 362. The van der Waals surface area contributed by atoms with Gasteiger partial charge in [0.2, 0.25) is 0 Å². The van der Waals surface area contributed by atoms with Crippen molar-refractivity contribution in [2.45, 2.75) is 63.5 Å². The maximum atomic E-state index is 12.2. The molecule has 2 N–H and O–H groups in total. The lowest BCUT2D eigenvalue weighted by Crippen LogP contribution is -2.58. The van der Waals surface area contributed by atoms with E-state index in [9.17, 15) is 14.7 Å². The number of nitrogens with zero attached hydrogens (tertiary/aromatic N) is 1. The summed E-state index contributed by atoms with van der Waals surface area (Å²) in [5.74, 6) is -0.853. The van der Waals surface area contributed by atoms with E-state index >= 15 is 0 Å². The lowest BCUT2D eigenvalue weighted by atomic mass is 9.94. The lowest BCUT2D eigenvalue weighted by Gasteiger charge is -2.34. The molecule has 2 aliphatic carbocycles. The number of amides is 2. The largest absolute Gasteiger partial charge is 0.480 e. The third kappa shape index (κ3) is 3.01. The summed E-state index contributed by atoms with van der Waals surface area (Å²) in [6.07, 6.45) is 7.36. The summed E-state index contributed by atoms with van der Waals surface area (Å²) in [4.78, 5) is 25.3. The molecule has 2 saturated carbocycles. The Labute approximate surface area is 114 Å². The quantitative estimate of drug-likeness (QED) is 0.821. The average Bonchev–Trinajstić information content (AvgIpc) is 3.23. The molecule has 0 heterocycles. The summed E-state index contributed by atoms with van der Waals surface area (Å²) in [7, 11) is 1.78. The third-order valence-electron chi connectivity index (χ3n) is 4.65. The van der Waals surface area contributed by atoms with Gasteiger partial charge in [-0.05, 0) is 38.5 Å². The first-order valence-electron chi connectivity index (χ1n) is 7.23. The number of carbonyl (C=O) groups excluding carboxylic acids is 1. The van der Waals surface area contributed by atoms with E-state index in [1.165, 1.54) is 6.42 Å². The summed E-state index contributed by atoms with van der Waals surface area (Å²) in [5.41, 5.74) is -1.11. The molecule has 5 heteroatoms. The van der Waals surface area contributed by atoms with Crippen LogP contribution in [0.3, 0.4) is 0 Å². The summed E-state index contributed by atoms with van der Waals surface area (Å²) in [6, 6.07) is 0.00898. The van der Waals surface area contributed by atoms with E-state index in [4.69, 9.17) is 0 Å². The zero-order chi connectivity index (χ0) is 14.0. The van der Waals surface area contributed by atoms with Gasteiger partial charge in [-0.2, -0.15) is 0 Å². The maximum absolute atomic E-state index is 12.2. The van der Waals surface area contributed by atoms with E-state index in [2.05, 4.69) is 5.32 Å². The number of nitrogens with one attached hydrogen (secondary N) is 1. The van der Waals surface area contributed by atoms with Crippen LogP contribution in [-0.4, -0.2) is 40.6 Å². The van der Waals surface area contributed by atoms with Crippen LogP contribution in [0, 0.1) is 5.92 Å². The number of rotatable bonds is 4. The number of aliphatic carboxylic acids is 1. The normalized spacial score (nSPS) is 23.5. The van der Waals surface area contributed by atoms with E-state index in [-0.39, 0.29) is 18.0 Å². The zero-order valence-electron chi connectivity index (χ0n) is 11.8. The molecule has 108 valence electrons. The topological polar surface area (TPSA) is 69.6 Å². The number of carbonyl (C=O) groups is 2. The minimum Gasteiger partial charge on any atom is -0.480 e. The first-order chi connectivity index (χ1) is 8.95. The fraction of sp³-hybridized carbons (Fsp3) is 0.857. The van der Waals surface area contributed by atoms with Crippen molar-refractivity contribution in [3.8, 4) is 0 Å². The lowest BCUT2D eigenvalue weighted by molar-refractivity contribution is -0.144. The SMILES string of the molecule is CN(C(=O)NC(C)(C(=O)O)C1CC1)C1CCCCC1. The molecule has 1 atom stereocenters. The Morgan fingerprint density at radius 1 is 1.16 bits per heavy atom. The van der Waals surface area contributed by atoms with E-state index in [0.29, 0.717) is 0 Å². The molecule has 0 bridgehead atoms. The summed E-state index contributed by atoms with van der Waals surface area (Å²) in [5, 5.41) is 12.1. The van der Waals surface area contributed by atoms with Crippen molar-refractivity contribution in [2.24, 2.45) is 5.92 Å². The Morgan fingerprint density at radius 3 is 2.21 bits per heavy atom. The Kier molecular flexibility index (Phi) is 4.02. The second kappa shape index (κ2) is 5.39. The highest BCUT2D eigenvalue weighted by atomic mass is 16.4. The van der Waals surface area contributed by atoms with Crippen LogP contribution in [0.25, 0.3) is 0 Å². The predicted octanol–water partition coefficient (Wildman–Crippen LogP) is 2.21. The summed E-state index contributed by atoms with van der Waals surface area (Å²) in [6.45, 7) is 1.62. The number of hydrogen-bond acceptors (Lipinski definition) is 2. The van der Waals surface area contributed by atoms with Crippen LogP contribution in [0.5, 0.6) is 0 Å². The molecule has 0 aromatic carbocycles. The number of urea groups is 1. The van der Waals surface area contributed by atoms with Gasteiger partial charge in [-0.25, -0.2) is 9.59 Å². The third-order valence-corrected chi connectivity index (χ3v) is 4.65. The highest BCUT2D eigenvalue weighted by molar-refractivity contribution is 5.86. The first kappa shape index (κ1) is 14.2. The molecule has 2 aliphatic rings. The van der Waals surface area contributed by atoms with E-state index < -0.39 is 11.5 Å². The van der Waals surface area contributed by atoms with Crippen molar-refractivity contribution < 1.29 is 14.7 Å². The van der Waals surface area contributed by atoms with Gasteiger partial charge in [0.15, 0.2) is 0 Å². The molecule has 5 nitrogen and oxygen atoms in total. The summed E-state index contributed by atoms with van der Waals surface area (Å²) >= 11 is 0. The molecule has 2 rings (SSSR count). The van der Waals surface area contributed by atoms with Gasteiger partial charge in [0.1, 0.15) is 5.54 Å². The molecule has 19 heavy (non-hydrogen) atoms. The van der Waals surface area contributed by atoms with Crippen LogP contribution in [0.1, 0.15) is 51.9 Å². The highest BCUT2D eigenvalue weighted by Crippen LogP contribution is 2.39. The number of carboxylic acid groups (broad SMARTS) is 1. The van der Waals surface area contributed by atoms with Gasteiger partial charge in [-0.15, -0.1) is 0 Å². The van der Waals surface area contributed by atoms with E-state index in [0.717, 1.165) is 38.5 Å². The molecule has 0 aromatic rings. The molecular weight excluding hydrogens is 244 g/mol. The van der Waals surface area contributed by atoms with Crippen molar-refractivity contribution in [2.75, 3.05) is 7.05 Å². The second-order valence-corrected chi connectivity index (χ2v) is 6.11. The maximum Gasteiger partial charge on any atom is 0.329 e. The minimum atomic E-state index is -1.11. The molecule has 2 amide bonds. The van der Waals surface area contributed by atoms with Gasteiger partial charge < -0.3 is 15.3 Å². The Balaban J connectivity index is 1.96. The molecule has 0 radical (unpaired) electrons. The van der Waals surface area contributed by atoms with Crippen LogP contribution in [0.15, 0.2) is 0 Å². The molecule has 1 unspecified atom stereocenters. The van der Waals surface area contributed by atoms with Crippen LogP contribution in [0.2, 0.25) is 0 Å². The Hall–Kier alpha value is -1.26. The van der Waals surface area contributed by atoms with Crippen molar-refractivity contribution in [1.29, 1.82) is 0 Å². The zero-order valence-corrected chi connectivity index (χ0v) is 11.8. The van der Waals surface area contributed by atoms with Crippen molar-refractivity contribution in [1.82, 2.24) is 10.2 Å². The monoisotopic (exact) mass is 268 g/mol. The van der Waals surface area contributed by atoms with E-state index in [1.54, 1.807) is 18.9 Å².